The molecule has 8 nitrogen and oxygen atoms in total. The Morgan fingerprint density at radius 1 is 1.40 bits per heavy atom. The van der Waals surface area contributed by atoms with Gasteiger partial charge in [-0.15, -0.1) is 11.3 Å². The summed E-state index contributed by atoms with van der Waals surface area (Å²) in [5.41, 5.74) is 0.552. The Bertz CT molecular complexity index is 817. The summed E-state index contributed by atoms with van der Waals surface area (Å²) in [6.07, 6.45) is 1.06. The summed E-state index contributed by atoms with van der Waals surface area (Å²) in [5.74, 6) is -1.32. The van der Waals surface area contributed by atoms with Crippen molar-refractivity contribution in [2.45, 2.75) is 36.6 Å². The maximum atomic E-state index is 13.1. The van der Waals surface area contributed by atoms with Crippen molar-refractivity contribution in [3.8, 4) is 0 Å². The van der Waals surface area contributed by atoms with E-state index in [1.54, 1.807) is 7.05 Å². The van der Waals surface area contributed by atoms with Gasteiger partial charge in [0, 0.05) is 44.5 Å². The van der Waals surface area contributed by atoms with Crippen LogP contribution in [0.2, 0.25) is 0 Å². The van der Waals surface area contributed by atoms with E-state index in [1.165, 1.54) is 16.1 Å². The summed E-state index contributed by atoms with van der Waals surface area (Å²) in [7, 11) is -2.24. The molecule has 0 aliphatic carbocycles. The Labute approximate surface area is 150 Å². The predicted molar refractivity (Wildman–Crippen MR) is 92.3 cm³/mol. The predicted octanol–water partition coefficient (Wildman–Crippen LogP) is 0.333. The van der Waals surface area contributed by atoms with Gasteiger partial charge in [0.2, 0.25) is 5.91 Å². The SMILES string of the molecule is CC(=O)N(C)[C@@H]1CCN(S(=O)(=O)c2sc3c(c2C(=O)O)CCNC3)C1. The quantitative estimate of drug-likeness (QED) is 0.771. The van der Waals surface area contributed by atoms with Gasteiger partial charge in [0.1, 0.15) is 4.21 Å². The van der Waals surface area contributed by atoms with Crippen molar-refractivity contribution in [2.75, 3.05) is 26.7 Å². The van der Waals surface area contributed by atoms with Crippen LogP contribution in [-0.2, 0) is 27.8 Å². The fraction of sp³-hybridized carbons (Fsp3) is 0.600. The first-order valence-corrected chi connectivity index (χ1v) is 10.3. The van der Waals surface area contributed by atoms with Crippen LogP contribution in [0.3, 0.4) is 0 Å². The smallest absolute Gasteiger partial charge is 0.338 e. The van der Waals surface area contributed by atoms with Crippen LogP contribution in [0.5, 0.6) is 0 Å². The molecule has 1 aromatic rings. The number of fused-ring (bicyclic) bond motifs is 1. The maximum absolute atomic E-state index is 13.1. The standard InChI is InChI=1S/C15H21N3O5S2/c1-9(19)17(2)10-4-6-18(8-10)25(22,23)15-13(14(20)21)11-3-5-16-7-12(11)24-15/h10,16H,3-8H2,1-2H3,(H,20,21)/t10-/m1/s1. The maximum Gasteiger partial charge on any atom is 0.338 e. The lowest BCUT2D eigenvalue weighted by Gasteiger charge is -2.23. The molecule has 3 heterocycles. The minimum Gasteiger partial charge on any atom is -0.478 e. The lowest BCUT2D eigenvalue weighted by molar-refractivity contribution is -0.129. The molecule has 1 aromatic heterocycles. The molecule has 0 spiro atoms. The molecule has 2 aliphatic rings. The number of thiophene rings is 1. The highest BCUT2D eigenvalue weighted by molar-refractivity contribution is 7.91. The molecule has 1 atom stereocenters. The molecule has 1 saturated heterocycles. The number of hydrogen-bond donors (Lipinski definition) is 2. The number of rotatable bonds is 4. The van der Waals surface area contributed by atoms with E-state index >= 15 is 0 Å². The molecule has 0 unspecified atom stereocenters. The van der Waals surface area contributed by atoms with Crippen molar-refractivity contribution in [1.82, 2.24) is 14.5 Å². The summed E-state index contributed by atoms with van der Waals surface area (Å²) >= 11 is 1.05. The molecular formula is C15H21N3O5S2. The first-order chi connectivity index (χ1) is 11.7. The normalized spacial score (nSPS) is 21.1. The van der Waals surface area contributed by atoms with Gasteiger partial charge in [0.25, 0.3) is 10.0 Å². The average molecular weight is 387 g/mol. The van der Waals surface area contributed by atoms with Crippen LogP contribution in [0.15, 0.2) is 4.21 Å². The molecule has 1 fully saturated rings. The van der Waals surface area contributed by atoms with E-state index < -0.39 is 16.0 Å². The number of amides is 1. The molecule has 138 valence electrons. The monoisotopic (exact) mass is 387 g/mol. The van der Waals surface area contributed by atoms with E-state index in [9.17, 15) is 23.1 Å². The van der Waals surface area contributed by atoms with Gasteiger partial charge in [-0.1, -0.05) is 0 Å². The van der Waals surface area contributed by atoms with Crippen molar-refractivity contribution in [1.29, 1.82) is 0 Å². The number of carboxylic acids is 1. The number of nitrogens with one attached hydrogen (secondary N) is 1. The molecular weight excluding hydrogens is 366 g/mol. The van der Waals surface area contributed by atoms with Gasteiger partial charge in [0.15, 0.2) is 0 Å². The van der Waals surface area contributed by atoms with Crippen LogP contribution in [0.1, 0.15) is 34.1 Å². The van der Waals surface area contributed by atoms with E-state index in [4.69, 9.17) is 0 Å². The zero-order valence-corrected chi connectivity index (χ0v) is 15.7. The third kappa shape index (κ3) is 3.19. The average Bonchev–Trinajstić information content (AvgIpc) is 3.19. The van der Waals surface area contributed by atoms with Crippen molar-refractivity contribution >= 4 is 33.2 Å². The van der Waals surface area contributed by atoms with E-state index in [1.807, 2.05) is 0 Å². The number of nitrogens with zero attached hydrogens (tertiary/aromatic N) is 2. The largest absolute Gasteiger partial charge is 0.478 e. The molecule has 25 heavy (non-hydrogen) atoms. The van der Waals surface area contributed by atoms with Gasteiger partial charge in [0.05, 0.1) is 5.56 Å². The molecule has 2 N–H and O–H groups in total. The number of carboxylic acid groups (broad SMARTS) is 1. The summed E-state index contributed by atoms with van der Waals surface area (Å²) in [6, 6.07) is -0.184. The van der Waals surface area contributed by atoms with Crippen molar-refractivity contribution in [3.63, 3.8) is 0 Å². The van der Waals surface area contributed by atoms with Gasteiger partial charge < -0.3 is 15.3 Å². The number of carbonyl (C=O) groups is 2. The minimum absolute atomic E-state index is 0.0788. The Hall–Kier alpha value is -1.49. The van der Waals surface area contributed by atoms with Gasteiger partial charge in [-0.2, -0.15) is 4.31 Å². The Balaban J connectivity index is 1.95. The van der Waals surface area contributed by atoms with Gasteiger partial charge >= 0.3 is 5.97 Å². The fourth-order valence-electron chi connectivity index (χ4n) is 3.33. The van der Waals surface area contributed by atoms with Crippen LogP contribution < -0.4 is 5.32 Å². The molecule has 10 heteroatoms. The fourth-order valence-corrected chi connectivity index (χ4v) is 6.82. The lowest BCUT2D eigenvalue weighted by Crippen LogP contribution is -2.39. The molecule has 2 aliphatic heterocycles. The molecule has 0 aromatic carbocycles. The molecule has 0 saturated carbocycles. The number of hydrogen-bond acceptors (Lipinski definition) is 6. The molecule has 1 amide bonds. The van der Waals surface area contributed by atoms with E-state index in [-0.39, 0.29) is 34.8 Å². The topological polar surface area (TPSA) is 107 Å². The highest BCUT2D eigenvalue weighted by atomic mass is 32.2. The second kappa shape index (κ2) is 6.67. The molecule has 0 radical (unpaired) electrons. The third-order valence-electron chi connectivity index (χ3n) is 4.85. The van der Waals surface area contributed by atoms with Crippen LogP contribution >= 0.6 is 11.3 Å². The van der Waals surface area contributed by atoms with E-state index in [0.29, 0.717) is 31.5 Å². The van der Waals surface area contributed by atoms with Gasteiger partial charge in [-0.25, -0.2) is 13.2 Å². The van der Waals surface area contributed by atoms with Crippen molar-refractivity contribution < 1.29 is 23.1 Å². The lowest BCUT2D eigenvalue weighted by atomic mass is 10.1. The van der Waals surface area contributed by atoms with Gasteiger partial charge in [-0.3, -0.25) is 4.79 Å². The van der Waals surface area contributed by atoms with Crippen LogP contribution in [0.25, 0.3) is 0 Å². The first-order valence-electron chi connectivity index (χ1n) is 8.05. The highest BCUT2D eigenvalue weighted by Gasteiger charge is 2.39. The summed E-state index contributed by atoms with van der Waals surface area (Å²) in [4.78, 5) is 25.6. The second-order valence-corrected chi connectivity index (χ2v) is 9.57. The number of carbonyl (C=O) groups excluding carboxylic acids is 1. The molecule has 0 bridgehead atoms. The summed E-state index contributed by atoms with van der Waals surface area (Å²) < 4.78 is 27.3. The minimum atomic E-state index is -3.90. The second-order valence-electron chi connectivity index (χ2n) is 6.33. The highest BCUT2D eigenvalue weighted by Crippen LogP contribution is 2.37. The Kier molecular flexibility index (Phi) is 4.89. The Morgan fingerprint density at radius 2 is 2.12 bits per heavy atom. The van der Waals surface area contributed by atoms with Crippen molar-refractivity contribution in [2.24, 2.45) is 0 Å². The van der Waals surface area contributed by atoms with Crippen LogP contribution in [-0.4, -0.2) is 67.3 Å². The first kappa shape index (κ1) is 18.3. The summed E-state index contributed by atoms with van der Waals surface area (Å²) in [5, 5.41) is 12.7. The Morgan fingerprint density at radius 3 is 2.76 bits per heavy atom. The zero-order valence-electron chi connectivity index (χ0n) is 14.1. The molecule has 3 rings (SSSR count). The van der Waals surface area contributed by atoms with E-state index in [0.717, 1.165) is 16.2 Å². The number of aromatic carboxylic acids is 1. The van der Waals surface area contributed by atoms with E-state index in [2.05, 4.69) is 5.32 Å². The van der Waals surface area contributed by atoms with Crippen LogP contribution in [0.4, 0.5) is 0 Å². The number of likely N-dealkylation sites (N-methyl/N-ethyl adjacent to an activating group) is 1. The zero-order chi connectivity index (χ0) is 18.4. The van der Waals surface area contributed by atoms with Crippen molar-refractivity contribution in [3.05, 3.63) is 16.0 Å². The number of sulfonamides is 1. The third-order valence-corrected chi connectivity index (χ3v) is 8.45. The van der Waals surface area contributed by atoms with Crippen LogP contribution in [0, 0.1) is 0 Å². The summed E-state index contributed by atoms with van der Waals surface area (Å²) in [6.45, 7) is 3.05. The van der Waals surface area contributed by atoms with Gasteiger partial charge in [-0.05, 0) is 24.9 Å².